The number of nitrogens with one attached hydrogen (secondary N) is 1. The summed E-state index contributed by atoms with van der Waals surface area (Å²) in [5, 5.41) is 16.8. The average Bonchev–Trinajstić information content (AvgIpc) is 3.06. The van der Waals surface area contributed by atoms with E-state index in [1.165, 1.54) is 0 Å². The van der Waals surface area contributed by atoms with Crippen molar-refractivity contribution in [1.29, 1.82) is 0 Å². The largest absolute Gasteiger partial charge is 0.390 e. The summed E-state index contributed by atoms with van der Waals surface area (Å²) >= 11 is 0. The Labute approximate surface area is 111 Å². The van der Waals surface area contributed by atoms with Crippen LogP contribution in [-0.4, -0.2) is 44.8 Å². The SMILES string of the molecule is Cn1nc(CO)c2c1CCN(C(=O)C1C=CCN1)C2. The van der Waals surface area contributed by atoms with Gasteiger partial charge in [0.05, 0.1) is 12.3 Å². The van der Waals surface area contributed by atoms with Gasteiger partial charge in [-0.2, -0.15) is 5.10 Å². The van der Waals surface area contributed by atoms with Crippen LogP contribution >= 0.6 is 0 Å². The Hall–Kier alpha value is -1.66. The van der Waals surface area contributed by atoms with Gasteiger partial charge in [-0.15, -0.1) is 0 Å². The van der Waals surface area contributed by atoms with Crippen molar-refractivity contribution in [2.45, 2.75) is 25.6 Å². The maximum atomic E-state index is 12.3. The number of rotatable bonds is 2. The molecule has 6 nitrogen and oxygen atoms in total. The maximum absolute atomic E-state index is 12.3. The van der Waals surface area contributed by atoms with Gasteiger partial charge >= 0.3 is 0 Å². The van der Waals surface area contributed by atoms with Crippen LogP contribution in [0.25, 0.3) is 0 Å². The third-order valence-electron chi connectivity index (χ3n) is 3.84. The van der Waals surface area contributed by atoms with E-state index in [0.717, 1.165) is 24.2 Å². The smallest absolute Gasteiger partial charge is 0.244 e. The summed E-state index contributed by atoms with van der Waals surface area (Å²) in [5.41, 5.74) is 2.82. The molecule has 1 aromatic heterocycles. The van der Waals surface area contributed by atoms with Crippen molar-refractivity contribution in [1.82, 2.24) is 20.0 Å². The van der Waals surface area contributed by atoms with E-state index in [9.17, 15) is 9.90 Å². The number of carbonyl (C=O) groups is 1. The second-order valence-corrected chi connectivity index (χ2v) is 4.98. The molecule has 0 aliphatic carbocycles. The van der Waals surface area contributed by atoms with E-state index >= 15 is 0 Å². The molecule has 2 aliphatic heterocycles. The van der Waals surface area contributed by atoms with Crippen LogP contribution < -0.4 is 5.32 Å². The molecule has 1 aromatic rings. The summed E-state index contributed by atoms with van der Waals surface area (Å²) in [6.45, 7) is 1.93. The number of aromatic nitrogens is 2. The van der Waals surface area contributed by atoms with Crippen LogP contribution in [0, 0.1) is 0 Å². The first-order valence-corrected chi connectivity index (χ1v) is 6.54. The van der Waals surface area contributed by atoms with Crippen molar-refractivity contribution in [3.05, 3.63) is 29.1 Å². The van der Waals surface area contributed by atoms with E-state index < -0.39 is 0 Å². The van der Waals surface area contributed by atoms with Crippen LogP contribution in [-0.2, 0) is 31.4 Å². The fourth-order valence-electron chi connectivity index (χ4n) is 2.82. The lowest BCUT2D eigenvalue weighted by atomic mass is 10.0. The van der Waals surface area contributed by atoms with Crippen molar-refractivity contribution in [3.8, 4) is 0 Å². The summed E-state index contributed by atoms with van der Waals surface area (Å²) < 4.78 is 1.82. The van der Waals surface area contributed by atoms with Gasteiger partial charge < -0.3 is 10.0 Å². The molecule has 0 saturated heterocycles. The van der Waals surface area contributed by atoms with Gasteiger partial charge in [-0.3, -0.25) is 14.8 Å². The number of amides is 1. The van der Waals surface area contributed by atoms with Crippen molar-refractivity contribution in [2.75, 3.05) is 13.1 Å². The van der Waals surface area contributed by atoms with Crippen LogP contribution in [0.2, 0.25) is 0 Å². The fourth-order valence-corrected chi connectivity index (χ4v) is 2.82. The van der Waals surface area contributed by atoms with E-state index in [1.54, 1.807) is 0 Å². The van der Waals surface area contributed by atoms with E-state index in [0.29, 0.717) is 18.8 Å². The summed E-state index contributed by atoms with van der Waals surface area (Å²) in [4.78, 5) is 14.2. The summed E-state index contributed by atoms with van der Waals surface area (Å²) in [6.07, 6.45) is 4.68. The predicted octanol–water partition coefficient (Wildman–Crippen LogP) is -0.675. The second-order valence-electron chi connectivity index (χ2n) is 4.98. The number of nitrogens with zero attached hydrogens (tertiary/aromatic N) is 3. The molecule has 3 rings (SSSR count). The Bertz CT molecular complexity index is 535. The zero-order valence-electron chi connectivity index (χ0n) is 11.0. The third kappa shape index (κ3) is 2.06. The molecule has 3 heterocycles. The maximum Gasteiger partial charge on any atom is 0.244 e. The lowest BCUT2D eigenvalue weighted by Gasteiger charge is -2.29. The van der Waals surface area contributed by atoms with Gasteiger partial charge in [-0.1, -0.05) is 12.2 Å². The molecule has 0 radical (unpaired) electrons. The molecule has 1 atom stereocenters. The standard InChI is InChI=1S/C13H18N4O2/c1-16-12-4-6-17(7-9(12)11(8-18)15-16)13(19)10-3-2-5-14-10/h2-3,10,14,18H,4-8H2,1H3. The van der Waals surface area contributed by atoms with Gasteiger partial charge in [0.1, 0.15) is 6.04 Å². The van der Waals surface area contributed by atoms with Crippen LogP contribution in [0.4, 0.5) is 0 Å². The molecular weight excluding hydrogens is 244 g/mol. The van der Waals surface area contributed by atoms with E-state index in [4.69, 9.17) is 0 Å². The van der Waals surface area contributed by atoms with Gasteiger partial charge in [0.15, 0.2) is 0 Å². The Morgan fingerprint density at radius 3 is 3.16 bits per heavy atom. The highest BCUT2D eigenvalue weighted by Gasteiger charge is 2.29. The fraction of sp³-hybridized carbons (Fsp3) is 0.538. The van der Waals surface area contributed by atoms with Crippen LogP contribution in [0.15, 0.2) is 12.2 Å². The Morgan fingerprint density at radius 2 is 2.47 bits per heavy atom. The Morgan fingerprint density at radius 1 is 1.63 bits per heavy atom. The highest BCUT2D eigenvalue weighted by Crippen LogP contribution is 2.23. The van der Waals surface area contributed by atoms with Crippen molar-refractivity contribution in [2.24, 2.45) is 7.05 Å². The predicted molar refractivity (Wildman–Crippen MR) is 69.2 cm³/mol. The molecule has 2 aliphatic rings. The van der Waals surface area contributed by atoms with Gasteiger partial charge in [0, 0.05) is 44.4 Å². The Kier molecular flexibility index (Phi) is 3.12. The minimum Gasteiger partial charge on any atom is -0.390 e. The second kappa shape index (κ2) is 4.79. The number of fused-ring (bicyclic) bond motifs is 1. The molecule has 102 valence electrons. The number of carbonyl (C=O) groups excluding carboxylic acids is 1. The first-order valence-electron chi connectivity index (χ1n) is 6.54. The zero-order chi connectivity index (χ0) is 13.4. The first kappa shape index (κ1) is 12.4. The number of aryl methyl sites for hydroxylation is 1. The highest BCUT2D eigenvalue weighted by molar-refractivity contribution is 5.84. The van der Waals surface area contributed by atoms with E-state index in [-0.39, 0.29) is 18.6 Å². The summed E-state index contributed by atoms with van der Waals surface area (Å²) in [5.74, 6) is 0.104. The monoisotopic (exact) mass is 262 g/mol. The van der Waals surface area contributed by atoms with Gasteiger partial charge in [0.2, 0.25) is 5.91 Å². The van der Waals surface area contributed by atoms with Crippen LogP contribution in [0.1, 0.15) is 17.0 Å². The van der Waals surface area contributed by atoms with Crippen molar-refractivity contribution < 1.29 is 9.90 Å². The van der Waals surface area contributed by atoms with Gasteiger partial charge in [0.25, 0.3) is 0 Å². The molecule has 2 N–H and O–H groups in total. The molecule has 0 aromatic carbocycles. The van der Waals surface area contributed by atoms with Gasteiger partial charge in [-0.05, 0) is 0 Å². The van der Waals surface area contributed by atoms with Crippen LogP contribution in [0.5, 0.6) is 0 Å². The number of hydrogen-bond acceptors (Lipinski definition) is 4. The average molecular weight is 262 g/mol. The van der Waals surface area contributed by atoms with Crippen LogP contribution in [0.3, 0.4) is 0 Å². The molecule has 0 spiro atoms. The molecule has 0 fully saturated rings. The molecule has 1 amide bonds. The first-order chi connectivity index (χ1) is 9.20. The summed E-state index contributed by atoms with van der Waals surface area (Å²) in [6, 6.07) is -0.198. The third-order valence-corrected chi connectivity index (χ3v) is 3.84. The molecule has 19 heavy (non-hydrogen) atoms. The van der Waals surface area contributed by atoms with Crippen molar-refractivity contribution >= 4 is 5.91 Å². The van der Waals surface area contributed by atoms with E-state index in [1.807, 2.05) is 28.8 Å². The molecular formula is C13H18N4O2. The molecule has 0 saturated carbocycles. The topological polar surface area (TPSA) is 70.4 Å². The number of aliphatic hydroxyl groups is 1. The lowest BCUT2D eigenvalue weighted by Crippen LogP contribution is -2.45. The molecule has 0 bridgehead atoms. The normalized spacial score (nSPS) is 21.8. The molecule has 6 heteroatoms. The number of hydrogen-bond donors (Lipinski definition) is 2. The minimum absolute atomic E-state index is 0.0766. The van der Waals surface area contributed by atoms with E-state index in [2.05, 4.69) is 10.4 Å². The Balaban J connectivity index is 1.81. The lowest BCUT2D eigenvalue weighted by molar-refractivity contribution is -0.133. The van der Waals surface area contributed by atoms with Gasteiger partial charge in [-0.25, -0.2) is 0 Å². The highest BCUT2D eigenvalue weighted by atomic mass is 16.3. The molecule has 1 unspecified atom stereocenters. The minimum atomic E-state index is -0.198. The van der Waals surface area contributed by atoms with Crippen molar-refractivity contribution in [3.63, 3.8) is 0 Å². The summed E-state index contributed by atoms with van der Waals surface area (Å²) in [7, 11) is 1.89. The quantitative estimate of drug-likeness (QED) is 0.693. The zero-order valence-corrected chi connectivity index (χ0v) is 11.0. The number of aliphatic hydroxyl groups excluding tert-OH is 1.